The minimum absolute atomic E-state index is 0.153. The summed E-state index contributed by atoms with van der Waals surface area (Å²) in [7, 11) is 0. The van der Waals surface area contributed by atoms with Crippen molar-refractivity contribution in [1.82, 2.24) is 10.3 Å². The highest BCUT2D eigenvalue weighted by molar-refractivity contribution is 7.11. The van der Waals surface area contributed by atoms with Crippen LogP contribution in [0.5, 0.6) is 0 Å². The summed E-state index contributed by atoms with van der Waals surface area (Å²) < 4.78 is 0. The third-order valence-electron chi connectivity index (χ3n) is 1.43. The molecule has 2 N–H and O–H groups in total. The van der Waals surface area contributed by atoms with Crippen molar-refractivity contribution in [2.75, 3.05) is 0 Å². The molecule has 0 saturated carbocycles. The number of carboxylic acids is 1. The second-order valence-electron chi connectivity index (χ2n) is 2.98. The summed E-state index contributed by atoms with van der Waals surface area (Å²) in [5, 5.41) is 13.7. The molecule has 0 aliphatic rings. The first-order valence-electron chi connectivity index (χ1n) is 4.00. The molecule has 0 bridgehead atoms. The summed E-state index contributed by atoms with van der Waals surface area (Å²) >= 11 is 1.16. The fourth-order valence-corrected chi connectivity index (χ4v) is 1.45. The van der Waals surface area contributed by atoms with Gasteiger partial charge in [-0.3, -0.25) is 0 Å². The topological polar surface area (TPSA) is 62.2 Å². The van der Waals surface area contributed by atoms with Crippen LogP contribution in [-0.2, 0) is 6.54 Å². The van der Waals surface area contributed by atoms with Crippen LogP contribution >= 0.6 is 11.3 Å². The van der Waals surface area contributed by atoms with Crippen molar-refractivity contribution < 1.29 is 9.90 Å². The Hall–Kier alpha value is -0.940. The van der Waals surface area contributed by atoms with Gasteiger partial charge in [-0.25, -0.2) is 9.78 Å². The molecule has 1 heterocycles. The van der Waals surface area contributed by atoms with Crippen molar-refractivity contribution in [3.8, 4) is 0 Å². The number of nitrogens with one attached hydrogen (secondary N) is 1. The van der Waals surface area contributed by atoms with Gasteiger partial charge in [0.25, 0.3) is 0 Å². The van der Waals surface area contributed by atoms with E-state index >= 15 is 0 Å². The predicted octanol–water partition coefficient (Wildman–Crippen LogP) is 1.34. The quantitative estimate of drug-likeness (QED) is 0.770. The molecular formula is C8H12N2O2S. The van der Waals surface area contributed by atoms with Gasteiger partial charge in [0.1, 0.15) is 0 Å². The highest BCUT2D eigenvalue weighted by atomic mass is 32.1. The summed E-state index contributed by atoms with van der Waals surface area (Å²) in [5.41, 5.74) is 0.788. The van der Waals surface area contributed by atoms with Crippen LogP contribution < -0.4 is 5.32 Å². The Labute approximate surface area is 80.6 Å². The van der Waals surface area contributed by atoms with Crippen LogP contribution in [0.2, 0.25) is 0 Å². The van der Waals surface area contributed by atoms with Crippen LogP contribution in [-0.4, -0.2) is 22.1 Å². The number of hydrogen-bond acceptors (Lipinski definition) is 4. The summed E-state index contributed by atoms with van der Waals surface area (Å²) in [6.45, 7) is 4.69. The van der Waals surface area contributed by atoms with Crippen molar-refractivity contribution in [2.45, 2.75) is 26.4 Å². The predicted molar refractivity (Wildman–Crippen MR) is 51.0 cm³/mol. The van der Waals surface area contributed by atoms with E-state index in [9.17, 15) is 4.79 Å². The van der Waals surface area contributed by atoms with Crippen molar-refractivity contribution >= 4 is 17.3 Å². The molecular weight excluding hydrogens is 188 g/mol. The average Bonchev–Trinajstić information content (AvgIpc) is 2.48. The van der Waals surface area contributed by atoms with E-state index in [1.54, 1.807) is 5.38 Å². The maximum absolute atomic E-state index is 10.5. The van der Waals surface area contributed by atoms with E-state index in [2.05, 4.69) is 10.3 Å². The number of carbonyl (C=O) groups is 1. The van der Waals surface area contributed by atoms with Crippen molar-refractivity contribution in [2.24, 2.45) is 0 Å². The van der Waals surface area contributed by atoms with E-state index in [1.807, 2.05) is 13.8 Å². The normalized spacial score (nSPS) is 10.7. The molecule has 0 amide bonds. The zero-order valence-corrected chi connectivity index (χ0v) is 8.39. The summed E-state index contributed by atoms with van der Waals surface area (Å²) in [6, 6.07) is 0.384. The van der Waals surface area contributed by atoms with Crippen LogP contribution in [0.15, 0.2) is 5.38 Å². The molecule has 0 atom stereocenters. The Morgan fingerprint density at radius 2 is 2.46 bits per heavy atom. The average molecular weight is 200 g/mol. The standard InChI is InChI=1S/C8H12N2O2S/c1-5(2)9-3-6-4-13-7(10-6)8(11)12/h4-5,9H,3H2,1-2H3,(H,11,12). The first-order valence-corrected chi connectivity index (χ1v) is 4.88. The number of aromatic carboxylic acids is 1. The van der Waals surface area contributed by atoms with Gasteiger partial charge in [-0.1, -0.05) is 13.8 Å². The molecule has 0 unspecified atom stereocenters. The Morgan fingerprint density at radius 1 is 1.77 bits per heavy atom. The molecule has 1 rings (SSSR count). The maximum atomic E-state index is 10.5. The molecule has 0 saturated heterocycles. The zero-order valence-electron chi connectivity index (χ0n) is 7.57. The van der Waals surface area contributed by atoms with E-state index in [0.29, 0.717) is 12.6 Å². The Balaban J connectivity index is 2.54. The molecule has 5 heteroatoms. The summed E-state index contributed by atoms with van der Waals surface area (Å²) in [4.78, 5) is 14.4. The third-order valence-corrected chi connectivity index (χ3v) is 2.31. The highest BCUT2D eigenvalue weighted by Gasteiger charge is 2.08. The lowest BCUT2D eigenvalue weighted by atomic mass is 10.4. The number of carboxylic acid groups (broad SMARTS) is 1. The number of hydrogen-bond donors (Lipinski definition) is 2. The number of thiazole rings is 1. The molecule has 0 radical (unpaired) electrons. The van der Waals surface area contributed by atoms with Crippen LogP contribution in [0.4, 0.5) is 0 Å². The Bertz CT molecular complexity index is 296. The van der Waals surface area contributed by atoms with Crippen LogP contribution in [0.1, 0.15) is 29.3 Å². The fraction of sp³-hybridized carbons (Fsp3) is 0.500. The van der Waals surface area contributed by atoms with E-state index in [1.165, 1.54) is 0 Å². The zero-order chi connectivity index (χ0) is 9.84. The van der Waals surface area contributed by atoms with Crippen molar-refractivity contribution in [1.29, 1.82) is 0 Å². The van der Waals surface area contributed by atoms with Gasteiger partial charge in [-0.05, 0) is 0 Å². The number of rotatable bonds is 4. The molecule has 1 aromatic rings. The lowest BCUT2D eigenvalue weighted by Crippen LogP contribution is -2.22. The molecule has 1 aromatic heterocycles. The molecule has 0 spiro atoms. The van der Waals surface area contributed by atoms with Gasteiger partial charge in [-0.15, -0.1) is 11.3 Å². The van der Waals surface area contributed by atoms with Gasteiger partial charge in [0, 0.05) is 18.0 Å². The monoisotopic (exact) mass is 200 g/mol. The second-order valence-corrected chi connectivity index (χ2v) is 3.84. The van der Waals surface area contributed by atoms with Gasteiger partial charge in [0.15, 0.2) is 0 Å². The van der Waals surface area contributed by atoms with Gasteiger partial charge in [-0.2, -0.15) is 0 Å². The molecule has 13 heavy (non-hydrogen) atoms. The van der Waals surface area contributed by atoms with Gasteiger partial charge >= 0.3 is 5.97 Å². The fourth-order valence-electron chi connectivity index (χ4n) is 0.795. The van der Waals surface area contributed by atoms with Crippen molar-refractivity contribution in [3.05, 3.63) is 16.1 Å². The maximum Gasteiger partial charge on any atom is 0.365 e. The summed E-state index contributed by atoms with van der Waals surface area (Å²) in [6.07, 6.45) is 0. The minimum atomic E-state index is -0.958. The lowest BCUT2D eigenvalue weighted by Gasteiger charge is -2.04. The number of nitrogens with zero attached hydrogens (tertiary/aromatic N) is 1. The third kappa shape index (κ3) is 3.12. The van der Waals surface area contributed by atoms with Crippen LogP contribution in [0.3, 0.4) is 0 Å². The molecule has 4 nitrogen and oxygen atoms in total. The van der Waals surface area contributed by atoms with Gasteiger partial charge in [0.2, 0.25) is 5.01 Å². The van der Waals surface area contributed by atoms with Crippen molar-refractivity contribution in [3.63, 3.8) is 0 Å². The van der Waals surface area contributed by atoms with Crippen LogP contribution in [0, 0.1) is 0 Å². The van der Waals surface area contributed by atoms with E-state index in [-0.39, 0.29) is 5.01 Å². The highest BCUT2D eigenvalue weighted by Crippen LogP contribution is 2.09. The molecule has 0 aliphatic carbocycles. The van der Waals surface area contributed by atoms with E-state index < -0.39 is 5.97 Å². The number of aromatic nitrogens is 1. The Kier molecular flexibility index (Phi) is 3.39. The molecule has 0 fully saturated rings. The van der Waals surface area contributed by atoms with Gasteiger partial charge < -0.3 is 10.4 Å². The molecule has 0 aromatic carbocycles. The second kappa shape index (κ2) is 4.34. The SMILES string of the molecule is CC(C)NCc1csc(C(=O)O)n1. The smallest absolute Gasteiger partial charge is 0.365 e. The van der Waals surface area contributed by atoms with Gasteiger partial charge in [0.05, 0.1) is 5.69 Å². The van der Waals surface area contributed by atoms with E-state index in [4.69, 9.17) is 5.11 Å². The first-order chi connectivity index (χ1) is 6.09. The first kappa shape index (κ1) is 10.1. The largest absolute Gasteiger partial charge is 0.476 e. The summed E-state index contributed by atoms with van der Waals surface area (Å²) in [5.74, 6) is -0.958. The van der Waals surface area contributed by atoms with Crippen LogP contribution in [0.25, 0.3) is 0 Å². The van der Waals surface area contributed by atoms with E-state index in [0.717, 1.165) is 17.0 Å². The molecule has 0 aliphatic heterocycles. The molecule has 72 valence electrons. The Morgan fingerprint density at radius 3 is 2.92 bits per heavy atom. The minimum Gasteiger partial charge on any atom is -0.476 e. The lowest BCUT2D eigenvalue weighted by molar-refractivity contribution is 0.0696.